The Labute approximate surface area is 253 Å². The Morgan fingerprint density at radius 3 is 2.38 bits per heavy atom. The van der Waals surface area contributed by atoms with Gasteiger partial charge in [-0.15, -0.1) is 0 Å². The van der Waals surface area contributed by atoms with Crippen LogP contribution in [0.1, 0.15) is 59.5 Å². The Kier molecular flexibility index (Phi) is 7.21. The lowest BCUT2D eigenvalue weighted by molar-refractivity contribution is -0.157. The first-order valence-corrected chi connectivity index (χ1v) is 14.9. The molecule has 0 saturated heterocycles. The zero-order valence-corrected chi connectivity index (χ0v) is 25.5. The first kappa shape index (κ1) is 28.2. The van der Waals surface area contributed by atoms with Gasteiger partial charge in [-0.1, -0.05) is 58.4 Å². The number of carboxylic acids is 1. The quantitative estimate of drug-likeness (QED) is 0.223. The number of pyridine rings is 1. The molecule has 4 aromatic rings. The van der Waals surface area contributed by atoms with Gasteiger partial charge in [0.15, 0.2) is 11.5 Å². The van der Waals surface area contributed by atoms with Crippen molar-refractivity contribution < 1.29 is 24.2 Å². The summed E-state index contributed by atoms with van der Waals surface area (Å²) in [4.78, 5) is 32.1. The number of aliphatic carboxylic acids is 1. The molecule has 1 aromatic heterocycles. The van der Waals surface area contributed by atoms with Crippen LogP contribution in [-0.2, 0) is 4.79 Å². The average Bonchev–Trinajstić information content (AvgIpc) is 3.01. The standard InChI is InChI=1S/C34H33BrN2O5/c1-20-28(24-18-22(35)12-13-26(24)36-29(20)21-8-5-4-6-9-21)31(38)37-34-16-14-33(15-17-34,32(39)40)19-25(34)23-10-7-11-27(41-2)30(23)42-3/h4-13,18,25H,14-17,19H2,1-3H3,(H,37,38)(H,39,40)/t25-,33?,34?/m0/s1. The van der Waals surface area contributed by atoms with Gasteiger partial charge in [0.25, 0.3) is 5.91 Å². The highest BCUT2D eigenvalue weighted by Gasteiger charge is 2.59. The third kappa shape index (κ3) is 4.53. The van der Waals surface area contributed by atoms with Crippen molar-refractivity contribution >= 4 is 38.7 Å². The third-order valence-electron chi connectivity index (χ3n) is 9.45. The van der Waals surface area contributed by atoms with Gasteiger partial charge in [0, 0.05) is 32.4 Å². The van der Waals surface area contributed by atoms with Crippen molar-refractivity contribution in [1.29, 1.82) is 0 Å². The lowest BCUT2D eigenvalue weighted by atomic mass is 9.51. The summed E-state index contributed by atoms with van der Waals surface area (Å²) in [7, 11) is 3.18. The fourth-order valence-corrected chi connectivity index (χ4v) is 7.57. The van der Waals surface area contributed by atoms with Crippen molar-refractivity contribution in [3.63, 3.8) is 0 Å². The summed E-state index contributed by atoms with van der Waals surface area (Å²) < 4.78 is 12.3. The Morgan fingerprint density at radius 1 is 0.976 bits per heavy atom. The fraction of sp³-hybridized carbons (Fsp3) is 0.324. The molecule has 0 radical (unpaired) electrons. The summed E-state index contributed by atoms with van der Waals surface area (Å²) in [5.41, 5.74) is 3.16. The van der Waals surface area contributed by atoms with E-state index in [1.54, 1.807) is 14.2 Å². The van der Waals surface area contributed by atoms with E-state index in [2.05, 4.69) is 21.2 Å². The molecule has 3 aliphatic carbocycles. The molecule has 1 atom stereocenters. The summed E-state index contributed by atoms with van der Waals surface area (Å²) in [5.74, 6) is -0.0870. The van der Waals surface area contributed by atoms with Gasteiger partial charge >= 0.3 is 5.97 Å². The lowest BCUT2D eigenvalue weighted by Gasteiger charge is -2.56. The highest BCUT2D eigenvalue weighted by atomic mass is 79.9. The molecule has 1 amide bonds. The number of methoxy groups -OCH3 is 2. The molecule has 42 heavy (non-hydrogen) atoms. The lowest BCUT2D eigenvalue weighted by Crippen LogP contribution is -2.62. The van der Waals surface area contributed by atoms with Gasteiger partial charge < -0.3 is 19.9 Å². The molecule has 3 saturated carbocycles. The molecular formula is C34H33BrN2O5. The summed E-state index contributed by atoms with van der Waals surface area (Å²) >= 11 is 3.58. The van der Waals surface area contributed by atoms with Gasteiger partial charge in [0.1, 0.15) is 0 Å². The third-order valence-corrected chi connectivity index (χ3v) is 9.94. The molecule has 0 unspecified atom stereocenters. The second kappa shape index (κ2) is 10.7. The SMILES string of the molecule is COc1cccc([C@@H]2CC3(C(=O)O)CCC2(NC(=O)c2c(C)c(-c4ccccc4)nc4ccc(Br)cc24)CC3)c1OC. The fourth-order valence-electron chi connectivity index (χ4n) is 7.21. The van der Waals surface area contributed by atoms with Crippen LogP contribution < -0.4 is 14.8 Å². The Hall–Kier alpha value is -3.91. The second-order valence-corrected chi connectivity index (χ2v) is 12.4. The average molecular weight is 630 g/mol. The van der Waals surface area contributed by atoms with Crippen LogP contribution in [0.4, 0.5) is 0 Å². The zero-order valence-electron chi connectivity index (χ0n) is 23.9. The maximum atomic E-state index is 14.6. The molecule has 3 aliphatic rings. The number of fused-ring (bicyclic) bond motifs is 4. The monoisotopic (exact) mass is 628 g/mol. The first-order valence-electron chi connectivity index (χ1n) is 14.1. The van der Waals surface area contributed by atoms with Crippen LogP contribution in [0.15, 0.2) is 71.2 Å². The maximum Gasteiger partial charge on any atom is 0.309 e. The minimum Gasteiger partial charge on any atom is -0.493 e. The van der Waals surface area contributed by atoms with E-state index in [0.29, 0.717) is 49.2 Å². The van der Waals surface area contributed by atoms with E-state index in [1.165, 1.54) is 0 Å². The highest BCUT2D eigenvalue weighted by Crippen LogP contribution is 2.60. The van der Waals surface area contributed by atoms with Crippen LogP contribution in [0, 0.1) is 12.3 Å². The summed E-state index contributed by atoms with van der Waals surface area (Å²) in [6.07, 6.45) is 2.51. The number of halogens is 1. The molecule has 3 fully saturated rings. The molecule has 0 spiro atoms. The van der Waals surface area contributed by atoms with Crippen LogP contribution >= 0.6 is 15.9 Å². The van der Waals surface area contributed by atoms with Gasteiger partial charge in [-0.05, 0) is 68.9 Å². The van der Waals surface area contributed by atoms with Gasteiger partial charge in [-0.2, -0.15) is 0 Å². The molecule has 216 valence electrons. The van der Waals surface area contributed by atoms with Crippen molar-refractivity contribution in [3.8, 4) is 22.8 Å². The zero-order chi connectivity index (χ0) is 29.6. The number of carboxylic acid groups (broad SMARTS) is 1. The van der Waals surface area contributed by atoms with E-state index < -0.39 is 16.9 Å². The van der Waals surface area contributed by atoms with Gasteiger partial charge in [0.05, 0.1) is 36.4 Å². The summed E-state index contributed by atoms with van der Waals surface area (Å²) in [6.45, 7) is 1.95. The van der Waals surface area contributed by atoms with E-state index in [1.807, 2.05) is 73.7 Å². The molecule has 7 rings (SSSR count). The van der Waals surface area contributed by atoms with Crippen LogP contribution in [0.3, 0.4) is 0 Å². The van der Waals surface area contributed by atoms with E-state index in [9.17, 15) is 14.7 Å². The number of carbonyl (C=O) groups is 2. The predicted molar refractivity (Wildman–Crippen MR) is 165 cm³/mol. The smallest absolute Gasteiger partial charge is 0.309 e. The van der Waals surface area contributed by atoms with E-state index in [-0.39, 0.29) is 11.8 Å². The summed E-state index contributed by atoms with van der Waals surface area (Å²) in [6, 6.07) is 21.4. The van der Waals surface area contributed by atoms with Crippen molar-refractivity contribution in [2.24, 2.45) is 5.41 Å². The molecule has 2 bridgehead atoms. The maximum absolute atomic E-state index is 14.6. The van der Waals surface area contributed by atoms with E-state index in [0.717, 1.165) is 37.8 Å². The number of carbonyl (C=O) groups excluding carboxylic acids is 1. The molecule has 3 aromatic carbocycles. The number of aromatic nitrogens is 1. The van der Waals surface area contributed by atoms with Crippen molar-refractivity contribution in [2.75, 3.05) is 14.2 Å². The minimum atomic E-state index is -0.837. The Bertz CT molecular complexity index is 1700. The highest BCUT2D eigenvalue weighted by molar-refractivity contribution is 9.10. The Balaban J connectivity index is 1.49. The number of hydrogen-bond donors (Lipinski definition) is 2. The van der Waals surface area contributed by atoms with Gasteiger partial charge in [0.2, 0.25) is 0 Å². The van der Waals surface area contributed by atoms with Crippen molar-refractivity contribution in [3.05, 3.63) is 87.9 Å². The van der Waals surface area contributed by atoms with Crippen molar-refractivity contribution in [1.82, 2.24) is 10.3 Å². The van der Waals surface area contributed by atoms with Crippen LogP contribution in [0.25, 0.3) is 22.2 Å². The molecule has 0 aliphatic heterocycles. The molecule has 8 heteroatoms. The van der Waals surface area contributed by atoms with Gasteiger partial charge in [-0.25, -0.2) is 4.98 Å². The van der Waals surface area contributed by atoms with E-state index in [4.69, 9.17) is 14.5 Å². The largest absolute Gasteiger partial charge is 0.493 e. The van der Waals surface area contributed by atoms with Crippen LogP contribution in [0.5, 0.6) is 11.5 Å². The van der Waals surface area contributed by atoms with Gasteiger partial charge in [-0.3, -0.25) is 9.59 Å². The number of ether oxygens (including phenoxy) is 2. The Morgan fingerprint density at radius 2 is 1.71 bits per heavy atom. The summed E-state index contributed by atoms with van der Waals surface area (Å²) in [5, 5.41) is 14.6. The number of rotatable bonds is 7. The molecular weight excluding hydrogens is 596 g/mol. The number of benzene rings is 3. The van der Waals surface area contributed by atoms with Crippen LogP contribution in [0.2, 0.25) is 0 Å². The normalized spacial score (nSPS) is 23.0. The molecule has 2 N–H and O–H groups in total. The molecule has 7 nitrogen and oxygen atoms in total. The number of hydrogen-bond acceptors (Lipinski definition) is 5. The number of amides is 1. The van der Waals surface area contributed by atoms with Crippen LogP contribution in [-0.4, -0.2) is 41.7 Å². The second-order valence-electron chi connectivity index (χ2n) is 11.5. The van der Waals surface area contributed by atoms with Crippen molar-refractivity contribution in [2.45, 2.75) is 50.5 Å². The predicted octanol–water partition coefficient (Wildman–Crippen LogP) is 7.29. The number of nitrogens with zero attached hydrogens (tertiary/aromatic N) is 1. The topological polar surface area (TPSA) is 97.8 Å². The molecule has 1 heterocycles. The van der Waals surface area contributed by atoms with E-state index >= 15 is 0 Å². The number of para-hydroxylation sites is 1. The minimum absolute atomic E-state index is 0.188. The number of nitrogens with one attached hydrogen (secondary N) is 1. The first-order chi connectivity index (χ1) is 20.2.